The number of rotatable bonds is 6. The van der Waals surface area contributed by atoms with Crippen molar-refractivity contribution in [2.45, 2.75) is 11.4 Å². The van der Waals surface area contributed by atoms with Gasteiger partial charge in [0.1, 0.15) is 0 Å². The van der Waals surface area contributed by atoms with Crippen molar-refractivity contribution in [3.63, 3.8) is 0 Å². The molecule has 3 heterocycles. The van der Waals surface area contributed by atoms with Crippen LogP contribution in [0.25, 0.3) is 0 Å². The number of carbonyl (C=O) groups excluding carboxylic acids is 1. The van der Waals surface area contributed by atoms with Crippen LogP contribution in [-0.4, -0.2) is 54.7 Å². The quantitative estimate of drug-likeness (QED) is 0.566. The van der Waals surface area contributed by atoms with Crippen LogP contribution in [0.2, 0.25) is 0 Å². The third kappa shape index (κ3) is 3.54. The number of carbonyl (C=O) groups is 1. The number of sulfonamides is 1. The first kappa shape index (κ1) is 18.3. The van der Waals surface area contributed by atoms with Crippen molar-refractivity contribution >= 4 is 15.9 Å². The summed E-state index contributed by atoms with van der Waals surface area (Å²) in [6.07, 6.45) is 6.79. The Bertz CT molecular complexity index is 883. The molecule has 1 aromatic rings. The molecular formula is C19H21N3O3S. The Morgan fingerprint density at radius 1 is 1.15 bits per heavy atom. The van der Waals surface area contributed by atoms with Crippen molar-refractivity contribution in [2.24, 2.45) is 0 Å². The summed E-state index contributed by atoms with van der Waals surface area (Å²) < 4.78 is 26.8. The van der Waals surface area contributed by atoms with Crippen LogP contribution in [0.5, 0.6) is 0 Å². The fraction of sp³-hybridized carbons (Fsp3) is 0.263. The molecule has 0 saturated heterocycles. The van der Waals surface area contributed by atoms with Crippen LogP contribution >= 0.6 is 0 Å². The van der Waals surface area contributed by atoms with Crippen molar-refractivity contribution in [1.82, 2.24) is 14.2 Å². The first-order valence-corrected chi connectivity index (χ1v) is 9.72. The van der Waals surface area contributed by atoms with Crippen LogP contribution in [0.4, 0.5) is 0 Å². The maximum absolute atomic E-state index is 12.7. The van der Waals surface area contributed by atoms with E-state index in [9.17, 15) is 13.2 Å². The van der Waals surface area contributed by atoms with Crippen LogP contribution in [0.15, 0.2) is 77.5 Å². The SMILES string of the molecule is C=C/C=C(\C=C)CC(=O)N1CC2=C(C1)CN(S(=O)(=O)c1ccccn1)C2. The van der Waals surface area contributed by atoms with Gasteiger partial charge in [-0.1, -0.05) is 37.5 Å². The summed E-state index contributed by atoms with van der Waals surface area (Å²) in [6, 6.07) is 4.84. The molecule has 2 aliphatic heterocycles. The molecule has 6 nitrogen and oxygen atoms in total. The third-order valence-corrected chi connectivity index (χ3v) is 6.25. The van der Waals surface area contributed by atoms with Crippen LogP contribution in [0.1, 0.15) is 6.42 Å². The van der Waals surface area contributed by atoms with Gasteiger partial charge < -0.3 is 4.90 Å². The Morgan fingerprint density at radius 3 is 2.38 bits per heavy atom. The van der Waals surface area contributed by atoms with Gasteiger partial charge in [-0.3, -0.25) is 4.79 Å². The topological polar surface area (TPSA) is 70.6 Å². The lowest BCUT2D eigenvalue weighted by molar-refractivity contribution is -0.129. The van der Waals surface area contributed by atoms with Crippen molar-refractivity contribution in [3.05, 3.63) is 72.5 Å². The van der Waals surface area contributed by atoms with Crippen molar-refractivity contribution in [2.75, 3.05) is 26.2 Å². The van der Waals surface area contributed by atoms with Gasteiger partial charge >= 0.3 is 0 Å². The molecule has 1 aromatic heterocycles. The molecule has 0 unspecified atom stereocenters. The first-order valence-electron chi connectivity index (χ1n) is 8.28. The van der Waals surface area contributed by atoms with Crippen LogP contribution in [0.3, 0.4) is 0 Å². The molecule has 0 N–H and O–H groups in total. The largest absolute Gasteiger partial charge is 0.334 e. The van der Waals surface area contributed by atoms with E-state index in [0.29, 0.717) is 26.2 Å². The van der Waals surface area contributed by atoms with Gasteiger partial charge in [0.2, 0.25) is 5.91 Å². The molecule has 3 rings (SSSR count). The third-order valence-electron chi connectivity index (χ3n) is 4.54. The first-order chi connectivity index (χ1) is 12.5. The molecule has 0 fully saturated rings. The molecule has 0 saturated carbocycles. The second kappa shape index (κ2) is 7.39. The molecule has 0 atom stereocenters. The molecule has 7 heteroatoms. The van der Waals surface area contributed by atoms with E-state index in [1.54, 1.807) is 35.3 Å². The van der Waals surface area contributed by atoms with Crippen LogP contribution in [-0.2, 0) is 14.8 Å². The molecule has 1 amide bonds. The monoisotopic (exact) mass is 371 g/mol. The molecule has 0 aromatic carbocycles. The summed E-state index contributed by atoms with van der Waals surface area (Å²) >= 11 is 0. The summed E-state index contributed by atoms with van der Waals surface area (Å²) in [6.45, 7) is 8.91. The minimum atomic E-state index is -3.61. The fourth-order valence-electron chi connectivity index (χ4n) is 3.16. The predicted octanol–water partition coefficient (Wildman–Crippen LogP) is 1.91. The van der Waals surface area contributed by atoms with Gasteiger partial charge in [0.15, 0.2) is 5.03 Å². The highest BCUT2D eigenvalue weighted by molar-refractivity contribution is 7.89. The zero-order chi connectivity index (χ0) is 18.7. The molecule has 2 aliphatic rings. The van der Waals surface area contributed by atoms with E-state index in [2.05, 4.69) is 18.1 Å². The Balaban J connectivity index is 1.63. The van der Waals surface area contributed by atoms with Gasteiger partial charge in [-0.25, -0.2) is 13.4 Å². The number of hydrogen-bond donors (Lipinski definition) is 0. The highest BCUT2D eigenvalue weighted by Gasteiger charge is 2.37. The van der Waals surface area contributed by atoms with E-state index >= 15 is 0 Å². The van der Waals surface area contributed by atoms with E-state index < -0.39 is 10.0 Å². The average Bonchev–Trinajstić information content (AvgIpc) is 3.21. The summed E-state index contributed by atoms with van der Waals surface area (Å²) in [4.78, 5) is 18.2. The van der Waals surface area contributed by atoms with E-state index in [0.717, 1.165) is 16.7 Å². The molecule has 0 aliphatic carbocycles. The van der Waals surface area contributed by atoms with Gasteiger partial charge in [-0.15, -0.1) is 0 Å². The summed E-state index contributed by atoms with van der Waals surface area (Å²) in [7, 11) is -3.61. The van der Waals surface area contributed by atoms with Gasteiger partial charge in [0, 0.05) is 32.4 Å². The van der Waals surface area contributed by atoms with Gasteiger partial charge in [0.25, 0.3) is 10.0 Å². The molecule has 26 heavy (non-hydrogen) atoms. The standard InChI is InChI=1S/C19H21N3O3S/c1-3-7-15(4-2)10-19(23)21-11-16-13-22(14-17(16)12-21)26(24,25)18-8-5-6-9-20-18/h3-9H,1-2,10-14H2/b15-7+. The van der Waals surface area contributed by atoms with E-state index in [4.69, 9.17) is 0 Å². The Morgan fingerprint density at radius 2 is 1.85 bits per heavy atom. The highest BCUT2D eigenvalue weighted by atomic mass is 32.2. The second-order valence-electron chi connectivity index (χ2n) is 6.26. The van der Waals surface area contributed by atoms with Gasteiger partial charge in [-0.05, 0) is 28.9 Å². The zero-order valence-electron chi connectivity index (χ0n) is 14.5. The van der Waals surface area contributed by atoms with Crippen molar-refractivity contribution in [3.8, 4) is 0 Å². The minimum Gasteiger partial charge on any atom is -0.334 e. The fourth-order valence-corrected chi connectivity index (χ4v) is 4.52. The Kier molecular flexibility index (Phi) is 5.20. The van der Waals surface area contributed by atoms with E-state index in [1.807, 2.05) is 0 Å². The lowest BCUT2D eigenvalue weighted by Gasteiger charge is -2.22. The van der Waals surface area contributed by atoms with Gasteiger partial charge in [-0.2, -0.15) is 4.31 Å². The normalized spacial score (nSPS) is 18.2. The molecule has 0 spiro atoms. The predicted molar refractivity (Wildman–Crippen MR) is 99.7 cm³/mol. The highest BCUT2D eigenvalue weighted by Crippen LogP contribution is 2.29. The summed E-state index contributed by atoms with van der Waals surface area (Å²) in [5.41, 5.74) is 2.83. The Hall–Kier alpha value is -2.51. The van der Waals surface area contributed by atoms with E-state index in [-0.39, 0.29) is 17.4 Å². The lowest BCUT2D eigenvalue weighted by atomic mass is 10.1. The van der Waals surface area contributed by atoms with Crippen molar-refractivity contribution in [1.29, 1.82) is 0 Å². The van der Waals surface area contributed by atoms with Crippen LogP contribution in [0, 0.1) is 0 Å². The number of allylic oxidation sites excluding steroid dienone is 3. The zero-order valence-corrected chi connectivity index (χ0v) is 15.3. The summed E-state index contributed by atoms with van der Waals surface area (Å²) in [5, 5.41) is 0.0549. The second-order valence-corrected chi connectivity index (χ2v) is 8.14. The average molecular weight is 371 g/mol. The molecule has 0 bridgehead atoms. The summed E-state index contributed by atoms with van der Waals surface area (Å²) in [5.74, 6) is 0.00605. The maximum Gasteiger partial charge on any atom is 0.261 e. The van der Waals surface area contributed by atoms with Gasteiger partial charge in [0.05, 0.1) is 6.42 Å². The minimum absolute atomic E-state index is 0.00605. The number of amides is 1. The van der Waals surface area contributed by atoms with Crippen LogP contribution < -0.4 is 0 Å². The number of aromatic nitrogens is 1. The number of hydrogen-bond acceptors (Lipinski definition) is 4. The molecular weight excluding hydrogens is 350 g/mol. The molecule has 0 radical (unpaired) electrons. The maximum atomic E-state index is 12.7. The van der Waals surface area contributed by atoms with E-state index in [1.165, 1.54) is 16.6 Å². The number of nitrogens with zero attached hydrogens (tertiary/aromatic N) is 3. The lowest BCUT2D eigenvalue weighted by Crippen LogP contribution is -2.36. The van der Waals surface area contributed by atoms with Crippen molar-refractivity contribution < 1.29 is 13.2 Å². The number of pyridine rings is 1. The smallest absolute Gasteiger partial charge is 0.261 e. The Labute approximate surface area is 153 Å². The molecule has 136 valence electrons.